The van der Waals surface area contributed by atoms with Gasteiger partial charge in [0, 0.05) is 25.2 Å². The third kappa shape index (κ3) is 5.81. The molecule has 0 bridgehead atoms. The molecule has 1 aromatic carbocycles. The van der Waals surface area contributed by atoms with Crippen LogP contribution in [0.5, 0.6) is 5.75 Å². The van der Waals surface area contributed by atoms with Crippen molar-refractivity contribution in [1.82, 2.24) is 25.2 Å². The first-order valence-electron chi connectivity index (χ1n) is 10.6. The van der Waals surface area contributed by atoms with Gasteiger partial charge in [0.1, 0.15) is 5.75 Å². The van der Waals surface area contributed by atoms with E-state index < -0.39 is 0 Å². The predicted octanol–water partition coefficient (Wildman–Crippen LogP) is 2.44. The van der Waals surface area contributed by atoms with E-state index in [0.717, 1.165) is 43.5 Å². The van der Waals surface area contributed by atoms with Gasteiger partial charge in [-0.25, -0.2) is 0 Å². The number of ether oxygens (including phenoxy) is 1. The summed E-state index contributed by atoms with van der Waals surface area (Å²) in [4.78, 5) is 27.0. The summed E-state index contributed by atoms with van der Waals surface area (Å²) < 4.78 is 6.87. The van der Waals surface area contributed by atoms with Crippen molar-refractivity contribution >= 4 is 11.8 Å². The molecule has 2 amide bonds. The topological polar surface area (TPSA) is 89.4 Å². The van der Waals surface area contributed by atoms with Gasteiger partial charge in [0.2, 0.25) is 5.91 Å². The highest BCUT2D eigenvalue weighted by Crippen LogP contribution is 2.22. The number of hydrogen-bond acceptors (Lipinski definition) is 5. The summed E-state index contributed by atoms with van der Waals surface area (Å²) in [5.74, 6) is 0.724. The fourth-order valence-corrected chi connectivity index (χ4v) is 3.78. The van der Waals surface area contributed by atoms with Gasteiger partial charge in [0.05, 0.1) is 19.7 Å². The number of nitrogens with one attached hydrogen (secondary N) is 1. The summed E-state index contributed by atoms with van der Waals surface area (Å²) in [5.41, 5.74) is 1.31. The smallest absolute Gasteiger partial charge is 0.273 e. The maximum atomic E-state index is 12.9. The van der Waals surface area contributed by atoms with Gasteiger partial charge in [-0.1, -0.05) is 17.3 Å². The molecule has 0 aliphatic carbocycles. The number of carbonyl (C=O) groups excluding carboxylic acids is 2. The Kier molecular flexibility index (Phi) is 7.43. The third-order valence-corrected chi connectivity index (χ3v) is 5.34. The summed E-state index contributed by atoms with van der Waals surface area (Å²) in [6.07, 6.45) is 6.00. The average Bonchev–Trinajstić information content (AvgIpc) is 3.22. The van der Waals surface area contributed by atoms with Crippen molar-refractivity contribution in [2.24, 2.45) is 0 Å². The Morgan fingerprint density at radius 3 is 2.70 bits per heavy atom. The van der Waals surface area contributed by atoms with Gasteiger partial charge in [-0.15, -0.1) is 5.10 Å². The molecule has 1 saturated heterocycles. The first-order valence-corrected chi connectivity index (χ1v) is 10.6. The highest BCUT2D eigenvalue weighted by molar-refractivity contribution is 5.91. The fraction of sp³-hybridized carbons (Fsp3) is 0.545. The van der Waals surface area contributed by atoms with E-state index in [9.17, 15) is 9.59 Å². The van der Waals surface area contributed by atoms with Crippen LogP contribution >= 0.6 is 0 Å². The molecule has 30 heavy (non-hydrogen) atoms. The van der Waals surface area contributed by atoms with E-state index in [0.29, 0.717) is 18.7 Å². The summed E-state index contributed by atoms with van der Waals surface area (Å²) in [6, 6.07) is 7.88. The lowest BCUT2D eigenvalue weighted by molar-refractivity contribution is -0.134. The van der Waals surface area contributed by atoms with E-state index in [4.69, 9.17) is 4.74 Å². The van der Waals surface area contributed by atoms with Gasteiger partial charge in [-0.3, -0.25) is 14.3 Å². The molecule has 1 atom stereocenters. The van der Waals surface area contributed by atoms with Crippen LogP contribution in [0.3, 0.4) is 0 Å². The van der Waals surface area contributed by atoms with Gasteiger partial charge in [0.25, 0.3) is 5.91 Å². The summed E-state index contributed by atoms with van der Waals surface area (Å²) in [5, 5.41) is 10.9. The number of nitrogens with zero attached hydrogens (tertiary/aromatic N) is 4. The Bertz CT molecular complexity index is 847. The van der Waals surface area contributed by atoms with Gasteiger partial charge >= 0.3 is 0 Å². The summed E-state index contributed by atoms with van der Waals surface area (Å²) in [7, 11) is 1.63. The van der Waals surface area contributed by atoms with Crippen molar-refractivity contribution in [3.63, 3.8) is 0 Å². The minimum atomic E-state index is -0.217. The van der Waals surface area contributed by atoms with Crippen molar-refractivity contribution < 1.29 is 14.3 Å². The molecule has 3 rings (SSSR count). The van der Waals surface area contributed by atoms with Gasteiger partial charge < -0.3 is 15.0 Å². The first-order chi connectivity index (χ1) is 14.5. The quantitative estimate of drug-likeness (QED) is 0.718. The molecule has 1 aliphatic heterocycles. The Labute approximate surface area is 177 Å². The monoisotopic (exact) mass is 413 g/mol. The minimum absolute atomic E-state index is 0.0511. The molecule has 1 N–H and O–H groups in total. The van der Waals surface area contributed by atoms with E-state index in [1.165, 1.54) is 0 Å². The van der Waals surface area contributed by atoms with Crippen LogP contribution in [0, 0.1) is 0 Å². The van der Waals surface area contributed by atoms with Gasteiger partial charge in [-0.05, 0) is 57.2 Å². The van der Waals surface area contributed by atoms with Gasteiger partial charge in [0.15, 0.2) is 5.69 Å². The standard InChI is InChI=1S/C22H31N5O3/c1-16(2)23-22(29)20-15-26(25-24-20)13-11-18-6-4-5-12-27(18)21(28)14-17-7-9-19(30-3)10-8-17/h7-10,15-16,18H,4-6,11-14H2,1-3H3,(H,23,29)/t18-/m1/s1. The van der Waals surface area contributed by atoms with Crippen LogP contribution in [0.25, 0.3) is 0 Å². The molecule has 1 aromatic heterocycles. The van der Waals surface area contributed by atoms with E-state index in [2.05, 4.69) is 15.6 Å². The zero-order chi connectivity index (χ0) is 21.5. The number of aromatic nitrogens is 3. The number of amides is 2. The van der Waals surface area contributed by atoms with Gasteiger partial charge in [-0.2, -0.15) is 0 Å². The van der Waals surface area contributed by atoms with Crippen LogP contribution in [-0.4, -0.2) is 57.4 Å². The zero-order valence-corrected chi connectivity index (χ0v) is 18.0. The fourth-order valence-electron chi connectivity index (χ4n) is 3.78. The number of rotatable bonds is 8. The van der Waals surface area contributed by atoms with E-state index in [1.54, 1.807) is 18.0 Å². The van der Waals surface area contributed by atoms with Crippen LogP contribution < -0.4 is 10.1 Å². The summed E-state index contributed by atoms with van der Waals surface area (Å²) >= 11 is 0. The lowest BCUT2D eigenvalue weighted by Gasteiger charge is -2.36. The number of carbonyl (C=O) groups is 2. The second-order valence-electron chi connectivity index (χ2n) is 8.05. The number of aryl methyl sites for hydroxylation is 1. The number of benzene rings is 1. The third-order valence-electron chi connectivity index (χ3n) is 5.34. The second-order valence-corrected chi connectivity index (χ2v) is 8.05. The zero-order valence-electron chi connectivity index (χ0n) is 18.0. The Morgan fingerprint density at radius 2 is 2.00 bits per heavy atom. The maximum absolute atomic E-state index is 12.9. The Morgan fingerprint density at radius 1 is 1.23 bits per heavy atom. The van der Waals surface area contributed by atoms with Crippen LogP contribution in [0.4, 0.5) is 0 Å². The molecular weight excluding hydrogens is 382 g/mol. The molecule has 1 aliphatic rings. The first kappa shape index (κ1) is 21.8. The molecule has 8 nitrogen and oxygen atoms in total. The lowest BCUT2D eigenvalue weighted by Crippen LogP contribution is -2.44. The minimum Gasteiger partial charge on any atom is -0.497 e. The van der Waals surface area contributed by atoms with Crippen molar-refractivity contribution in [3.8, 4) is 5.75 Å². The van der Waals surface area contributed by atoms with Crippen LogP contribution in [0.15, 0.2) is 30.5 Å². The largest absolute Gasteiger partial charge is 0.497 e. The van der Waals surface area contributed by atoms with Crippen molar-refractivity contribution in [2.75, 3.05) is 13.7 Å². The van der Waals surface area contributed by atoms with Crippen molar-refractivity contribution in [1.29, 1.82) is 0 Å². The SMILES string of the molecule is COc1ccc(CC(=O)N2CCCC[C@@H]2CCn2cc(C(=O)NC(C)C)nn2)cc1. The van der Waals surface area contributed by atoms with Crippen LogP contribution in [0.2, 0.25) is 0 Å². The Hall–Kier alpha value is -2.90. The van der Waals surface area contributed by atoms with E-state index >= 15 is 0 Å². The highest BCUT2D eigenvalue weighted by Gasteiger charge is 2.26. The van der Waals surface area contributed by atoms with E-state index in [1.807, 2.05) is 43.0 Å². The molecule has 0 saturated carbocycles. The Balaban J connectivity index is 1.57. The average molecular weight is 414 g/mol. The van der Waals surface area contributed by atoms with Crippen molar-refractivity contribution in [3.05, 3.63) is 41.7 Å². The molecule has 2 heterocycles. The number of hydrogen-bond donors (Lipinski definition) is 1. The normalized spacial score (nSPS) is 16.5. The molecule has 0 radical (unpaired) electrons. The number of piperidine rings is 1. The molecule has 2 aromatic rings. The molecule has 1 fully saturated rings. The van der Waals surface area contributed by atoms with E-state index in [-0.39, 0.29) is 23.9 Å². The predicted molar refractivity (Wildman–Crippen MR) is 113 cm³/mol. The highest BCUT2D eigenvalue weighted by atomic mass is 16.5. The van der Waals surface area contributed by atoms with Crippen molar-refractivity contribution in [2.45, 2.75) is 64.6 Å². The molecule has 162 valence electrons. The number of methoxy groups -OCH3 is 1. The van der Waals surface area contributed by atoms with Crippen LogP contribution in [-0.2, 0) is 17.8 Å². The molecular formula is C22H31N5O3. The second kappa shape index (κ2) is 10.2. The molecule has 0 spiro atoms. The molecule has 0 unspecified atom stereocenters. The number of likely N-dealkylation sites (tertiary alicyclic amines) is 1. The summed E-state index contributed by atoms with van der Waals surface area (Å²) in [6.45, 7) is 5.23. The molecule has 8 heteroatoms. The lowest BCUT2D eigenvalue weighted by atomic mass is 9.98. The van der Waals surface area contributed by atoms with Crippen LogP contribution in [0.1, 0.15) is 55.6 Å². The maximum Gasteiger partial charge on any atom is 0.273 e.